The van der Waals surface area contributed by atoms with Gasteiger partial charge in [-0.3, -0.25) is 4.79 Å². The highest BCUT2D eigenvalue weighted by Crippen LogP contribution is 2.31. The number of carbonyl (C=O) groups excluding carboxylic acids is 1. The fourth-order valence-electron chi connectivity index (χ4n) is 3.21. The second-order valence-electron chi connectivity index (χ2n) is 7.00. The normalized spacial score (nSPS) is 15.9. The molecule has 1 amide bonds. The Morgan fingerprint density at radius 2 is 1.82 bits per heavy atom. The number of carbonyl (C=O) groups is 1. The molecule has 0 aromatic heterocycles. The van der Waals surface area contributed by atoms with Crippen LogP contribution < -0.4 is 10.1 Å². The van der Waals surface area contributed by atoms with Crippen LogP contribution in [-0.2, 0) is 10.0 Å². The zero-order valence-electron chi connectivity index (χ0n) is 16.2. The largest absolute Gasteiger partial charge is 0.492 e. The van der Waals surface area contributed by atoms with E-state index in [1.165, 1.54) is 16.4 Å². The lowest BCUT2D eigenvalue weighted by Crippen LogP contribution is -2.37. The summed E-state index contributed by atoms with van der Waals surface area (Å²) in [4.78, 5) is 12.7. The Morgan fingerprint density at radius 1 is 1.14 bits per heavy atom. The molecule has 0 atom stereocenters. The summed E-state index contributed by atoms with van der Waals surface area (Å²) < 4.78 is 33.2. The van der Waals surface area contributed by atoms with Crippen molar-refractivity contribution in [1.29, 1.82) is 0 Å². The van der Waals surface area contributed by atoms with Crippen molar-refractivity contribution in [3.05, 3.63) is 54.1 Å². The molecule has 7 heteroatoms. The predicted octanol–water partition coefficient (Wildman–Crippen LogP) is 3.76. The lowest BCUT2D eigenvalue weighted by atomic mass is 10.0. The van der Waals surface area contributed by atoms with Crippen molar-refractivity contribution in [2.75, 3.05) is 25.0 Å². The molecule has 2 aromatic carbocycles. The van der Waals surface area contributed by atoms with E-state index in [9.17, 15) is 13.2 Å². The number of rotatable bonds is 6. The number of benzene rings is 2. The Morgan fingerprint density at radius 3 is 2.46 bits per heavy atom. The molecular formula is C21H26N2O4S. The van der Waals surface area contributed by atoms with Crippen LogP contribution in [0.2, 0.25) is 0 Å². The molecule has 1 aliphatic heterocycles. The van der Waals surface area contributed by atoms with E-state index in [4.69, 9.17) is 4.74 Å². The lowest BCUT2D eigenvalue weighted by molar-refractivity contribution is 0.102. The topological polar surface area (TPSA) is 75.7 Å². The number of ether oxygens (including phenoxy) is 1. The molecule has 150 valence electrons. The standard InChI is InChI=1S/C21H26N2O4S/c1-3-27-20-10-9-18(28(25,26)23-13-11-16(2)12-14-23)15-19(20)22-21(24)17-7-5-4-6-8-17/h4-10,15-16H,3,11-14H2,1-2H3,(H,22,24). The third kappa shape index (κ3) is 4.54. The SMILES string of the molecule is CCOc1ccc(S(=O)(=O)N2CCC(C)CC2)cc1NC(=O)c1ccccc1. The van der Waals surface area contributed by atoms with Gasteiger partial charge in [0.2, 0.25) is 10.0 Å². The minimum absolute atomic E-state index is 0.161. The molecule has 2 aromatic rings. The van der Waals surface area contributed by atoms with Crippen molar-refractivity contribution >= 4 is 21.6 Å². The van der Waals surface area contributed by atoms with Crippen LogP contribution in [0.25, 0.3) is 0 Å². The molecule has 1 fully saturated rings. The van der Waals surface area contributed by atoms with Crippen LogP contribution in [0, 0.1) is 5.92 Å². The number of sulfonamides is 1. The van der Waals surface area contributed by atoms with Crippen LogP contribution in [0.1, 0.15) is 37.0 Å². The summed E-state index contributed by atoms with van der Waals surface area (Å²) in [7, 11) is -3.61. The third-order valence-corrected chi connectivity index (χ3v) is 6.81. The average molecular weight is 403 g/mol. The first-order chi connectivity index (χ1) is 13.4. The molecule has 3 rings (SSSR count). The molecule has 0 saturated carbocycles. The monoisotopic (exact) mass is 402 g/mol. The summed E-state index contributed by atoms with van der Waals surface area (Å²) in [6.07, 6.45) is 1.71. The van der Waals surface area contributed by atoms with Gasteiger partial charge < -0.3 is 10.1 Å². The fraction of sp³-hybridized carbons (Fsp3) is 0.381. The van der Waals surface area contributed by atoms with E-state index in [1.807, 2.05) is 13.0 Å². The molecular weight excluding hydrogens is 376 g/mol. The van der Waals surface area contributed by atoms with E-state index >= 15 is 0 Å². The molecule has 1 saturated heterocycles. The van der Waals surface area contributed by atoms with E-state index in [0.717, 1.165) is 12.8 Å². The second kappa shape index (κ2) is 8.75. The van der Waals surface area contributed by atoms with Crippen LogP contribution >= 0.6 is 0 Å². The van der Waals surface area contributed by atoms with Crippen molar-refractivity contribution < 1.29 is 17.9 Å². The Bertz CT molecular complexity index is 921. The van der Waals surface area contributed by atoms with Crippen LogP contribution in [-0.4, -0.2) is 38.3 Å². The minimum atomic E-state index is -3.61. The number of nitrogens with zero attached hydrogens (tertiary/aromatic N) is 1. The number of nitrogens with one attached hydrogen (secondary N) is 1. The van der Waals surface area contributed by atoms with E-state index < -0.39 is 10.0 Å². The number of amides is 1. The molecule has 1 N–H and O–H groups in total. The van der Waals surface area contributed by atoms with Crippen LogP contribution in [0.5, 0.6) is 5.75 Å². The van der Waals surface area contributed by atoms with Crippen molar-refractivity contribution in [1.82, 2.24) is 4.31 Å². The molecule has 0 aliphatic carbocycles. The van der Waals surface area contributed by atoms with Gasteiger partial charge in [0.25, 0.3) is 5.91 Å². The summed E-state index contributed by atoms with van der Waals surface area (Å²) in [5.74, 6) is 0.661. The molecule has 6 nitrogen and oxygen atoms in total. The maximum atomic E-state index is 13.0. The molecule has 0 unspecified atom stereocenters. The van der Waals surface area contributed by atoms with Gasteiger partial charge in [-0.25, -0.2) is 8.42 Å². The van der Waals surface area contributed by atoms with Gasteiger partial charge in [-0.05, 0) is 56.0 Å². The first-order valence-electron chi connectivity index (χ1n) is 9.55. The number of anilines is 1. The second-order valence-corrected chi connectivity index (χ2v) is 8.94. The van der Waals surface area contributed by atoms with Crippen LogP contribution in [0.3, 0.4) is 0 Å². The zero-order chi connectivity index (χ0) is 20.1. The van der Waals surface area contributed by atoms with Gasteiger partial charge in [-0.2, -0.15) is 4.31 Å². The molecule has 1 heterocycles. The summed E-state index contributed by atoms with van der Waals surface area (Å²) in [6.45, 7) is 5.41. The fourth-order valence-corrected chi connectivity index (χ4v) is 4.70. The highest BCUT2D eigenvalue weighted by molar-refractivity contribution is 7.89. The Balaban J connectivity index is 1.89. The molecule has 0 bridgehead atoms. The van der Waals surface area contributed by atoms with Gasteiger partial charge in [0.15, 0.2) is 0 Å². The number of hydrogen-bond donors (Lipinski definition) is 1. The van der Waals surface area contributed by atoms with Crippen molar-refractivity contribution in [3.8, 4) is 5.75 Å². The van der Waals surface area contributed by atoms with Gasteiger partial charge >= 0.3 is 0 Å². The molecule has 0 spiro atoms. The maximum absolute atomic E-state index is 13.0. The number of hydrogen-bond acceptors (Lipinski definition) is 4. The number of piperidine rings is 1. The zero-order valence-corrected chi connectivity index (χ0v) is 17.0. The van der Waals surface area contributed by atoms with Crippen molar-refractivity contribution in [2.24, 2.45) is 5.92 Å². The lowest BCUT2D eigenvalue weighted by Gasteiger charge is -2.29. The predicted molar refractivity (Wildman–Crippen MR) is 109 cm³/mol. The van der Waals surface area contributed by atoms with Crippen LogP contribution in [0.15, 0.2) is 53.4 Å². The Kier molecular flexibility index (Phi) is 6.36. The van der Waals surface area contributed by atoms with Crippen molar-refractivity contribution in [3.63, 3.8) is 0 Å². The van der Waals surface area contributed by atoms with E-state index in [2.05, 4.69) is 12.2 Å². The first kappa shape index (κ1) is 20.4. The third-order valence-electron chi connectivity index (χ3n) is 4.92. The van der Waals surface area contributed by atoms with Crippen LogP contribution in [0.4, 0.5) is 5.69 Å². The summed E-state index contributed by atoms with van der Waals surface area (Å²) in [5, 5.41) is 2.79. The van der Waals surface area contributed by atoms with Gasteiger partial charge in [0.05, 0.1) is 17.2 Å². The molecule has 28 heavy (non-hydrogen) atoms. The highest BCUT2D eigenvalue weighted by Gasteiger charge is 2.29. The molecule has 0 radical (unpaired) electrons. The summed E-state index contributed by atoms with van der Waals surface area (Å²) >= 11 is 0. The van der Waals surface area contributed by atoms with Crippen molar-refractivity contribution in [2.45, 2.75) is 31.6 Å². The average Bonchev–Trinajstić information content (AvgIpc) is 2.70. The van der Waals surface area contributed by atoms with Gasteiger partial charge in [0, 0.05) is 18.7 Å². The van der Waals surface area contributed by atoms with Gasteiger partial charge in [-0.15, -0.1) is 0 Å². The van der Waals surface area contributed by atoms with E-state index in [1.54, 1.807) is 30.3 Å². The maximum Gasteiger partial charge on any atom is 0.255 e. The van der Waals surface area contributed by atoms with Gasteiger partial charge in [0.1, 0.15) is 5.75 Å². The summed E-state index contributed by atoms with van der Waals surface area (Å²) in [5.41, 5.74) is 0.838. The minimum Gasteiger partial charge on any atom is -0.492 e. The quantitative estimate of drug-likeness (QED) is 0.798. The van der Waals surface area contributed by atoms with Gasteiger partial charge in [-0.1, -0.05) is 25.1 Å². The highest BCUT2D eigenvalue weighted by atomic mass is 32.2. The Hall–Kier alpha value is -2.38. The van der Waals surface area contributed by atoms with E-state index in [-0.39, 0.29) is 10.8 Å². The first-order valence-corrected chi connectivity index (χ1v) is 11.0. The Labute approximate surface area is 166 Å². The summed E-state index contributed by atoms with van der Waals surface area (Å²) in [6, 6.07) is 13.4. The molecule has 1 aliphatic rings. The smallest absolute Gasteiger partial charge is 0.255 e. The van der Waals surface area contributed by atoms with E-state index in [0.29, 0.717) is 42.6 Å².